The average molecular weight is 358 g/mol. The molecule has 0 unspecified atom stereocenters. The topological polar surface area (TPSA) is 83.4 Å². The first-order valence-electron chi connectivity index (χ1n) is 8.83. The first kappa shape index (κ1) is 19.6. The van der Waals surface area contributed by atoms with Crippen molar-refractivity contribution in [3.05, 3.63) is 42.5 Å². The number of aromatic nitrogens is 3. The van der Waals surface area contributed by atoms with E-state index in [2.05, 4.69) is 20.4 Å². The minimum Gasteiger partial charge on any atom is -0.343 e. The normalized spacial score (nSPS) is 14.3. The quantitative estimate of drug-likeness (QED) is 0.874. The van der Waals surface area contributed by atoms with E-state index in [-0.39, 0.29) is 18.4 Å². The van der Waals surface area contributed by atoms with Gasteiger partial charge in [0.2, 0.25) is 5.91 Å². The van der Waals surface area contributed by atoms with Crippen LogP contribution < -0.4 is 5.32 Å². The lowest BCUT2D eigenvalue weighted by atomic mass is 10.2. The molecule has 0 spiro atoms. The van der Waals surface area contributed by atoms with Gasteiger partial charge in [0.1, 0.15) is 12.7 Å². The van der Waals surface area contributed by atoms with E-state index in [0.29, 0.717) is 18.7 Å². The summed E-state index contributed by atoms with van der Waals surface area (Å²) in [5.74, 6) is -0.301. The van der Waals surface area contributed by atoms with Gasteiger partial charge in [0.05, 0.1) is 6.54 Å². The Kier molecular flexibility index (Phi) is 7.28. The Morgan fingerprint density at radius 3 is 2.15 bits per heavy atom. The summed E-state index contributed by atoms with van der Waals surface area (Å²) in [6.45, 7) is 7.17. The molecule has 8 heteroatoms. The fraction of sp³-hybridized carbons (Fsp3) is 0.444. The molecule has 0 bridgehead atoms. The van der Waals surface area contributed by atoms with Crippen LogP contribution in [0.1, 0.15) is 24.2 Å². The minimum atomic E-state index is -0.257. The fourth-order valence-corrected chi connectivity index (χ4v) is 2.54. The number of nitrogens with one attached hydrogen (secondary N) is 1. The summed E-state index contributed by atoms with van der Waals surface area (Å²) in [5, 5.41) is 10.2. The zero-order valence-electron chi connectivity index (χ0n) is 15.6. The van der Waals surface area contributed by atoms with Gasteiger partial charge in [-0.05, 0) is 31.3 Å². The van der Waals surface area contributed by atoms with Gasteiger partial charge in [0.25, 0.3) is 5.91 Å². The molecule has 1 saturated heterocycles. The number of likely N-dealkylation sites (N-methyl/N-ethyl adjacent to an activating group) is 1. The van der Waals surface area contributed by atoms with Crippen LogP contribution in [0.25, 0.3) is 5.69 Å². The van der Waals surface area contributed by atoms with Crippen LogP contribution in [-0.4, -0.2) is 76.2 Å². The van der Waals surface area contributed by atoms with Crippen molar-refractivity contribution >= 4 is 11.8 Å². The summed E-state index contributed by atoms with van der Waals surface area (Å²) < 4.78 is 1.75. The summed E-state index contributed by atoms with van der Waals surface area (Å²) >= 11 is 0. The van der Waals surface area contributed by atoms with E-state index < -0.39 is 0 Å². The van der Waals surface area contributed by atoms with Crippen LogP contribution in [0.3, 0.4) is 0 Å². The highest BCUT2D eigenvalue weighted by molar-refractivity contribution is 5.96. The molecule has 8 nitrogen and oxygen atoms in total. The summed E-state index contributed by atoms with van der Waals surface area (Å²) in [4.78, 5) is 28.3. The lowest BCUT2D eigenvalue weighted by Gasteiger charge is -2.32. The maximum absolute atomic E-state index is 12.2. The number of amides is 2. The summed E-state index contributed by atoms with van der Waals surface area (Å²) in [6.07, 6.45) is 3.17. The van der Waals surface area contributed by atoms with E-state index in [0.717, 1.165) is 18.8 Å². The maximum atomic E-state index is 12.2. The SMILES string of the molecule is CC.CN1CCN(C(=O)CNC(=O)c2ccc(-n3cnnc3)cc2)CC1. The number of carbonyl (C=O) groups excluding carboxylic acids is 2. The van der Waals surface area contributed by atoms with Crippen LogP contribution in [-0.2, 0) is 4.79 Å². The number of benzene rings is 1. The van der Waals surface area contributed by atoms with Crippen LogP contribution in [0.2, 0.25) is 0 Å². The second-order valence-electron chi connectivity index (χ2n) is 5.78. The molecular formula is C18H26N6O2. The monoisotopic (exact) mass is 358 g/mol. The molecule has 1 aromatic carbocycles. The number of hydrogen-bond donors (Lipinski definition) is 1. The van der Waals surface area contributed by atoms with Gasteiger partial charge >= 0.3 is 0 Å². The molecule has 140 valence electrons. The predicted octanol–water partition coefficient (Wildman–Crippen LogP) is 0.797. The van der Waals surface area contributed by atoms with E-state index in [4.69, 9.17) is 0 Å². The maximum Gasteiger partial charge on any atom is 0.251 e. The molecule has 1 N–H and O–H groups in total. The molecule has 1 aliphatic rings. The summed E-state index contributed by atoms with van der Waals surface area (Å²) in [6, 6.07) is 7.04. The average Bonchev–Trinajstić information content (AvgIpc) is 3.23. The van der Waals surface area contributed by atoms with Crippen molar-refractivity contribution in [2.45, 2.75) is 13.8 Å². The molecule has 2 amide bonds. The molecule has 2 aromatic rings. The van der Waals surface area contributed by atoms with Crippen molar-refractivity contribution in [1.29, 1.82) is 0 Å². The lowest BCUT2D eigenvalue weighted by Crippen LogP contribution is -2.50. The highest BCUT2D eigenvalue weighted by atomic mass is 16.2. The third-order valence-electron chi connectivity index (χ3n) is 4.10. The van der Waals surface area contributed by atoms with E-state index in [1.54, 1.807) is 46.4 Å². The molecule has 26 heavy (non-hydrogen) atoms. The molecule has 3 rings (SSSR count). The molecule has 1 fully saturated rings. The van der Waals surface area contributed by atoms with Crippen molar-refractivity contribution in [3.8, 4) is 5.69 Å². The van der Waals surface area contributed by atoms with Crippen LogP contribution in [0.5, 0.6) is 0 Å². The van der Waals surface area contributed by atoms with Gasteiger partial charge < -0.3 is 15.1 Å². The number of carbonyl (C=O) groups is 2. The highest BCUT2D eigenvalue weighted by Gasteiger charge is 2.19. The highest BCUT2D eigenvalue weighted by Crippen LogP contribution is 2.08. The van der Waals surface area contributed by atoms with E-state index >= 15 is 0 Å². The van der Waals surface area contributed by atoms with Crippen molar-refractivity contribution in [2.75, 3.05) is 39.8 Å². The molecule has 2 heterocycles. The predicted molar refractivity (Wildman–Crippen MR) is 99.1 cm³/mol. The van der Waals surface area contributed by atoms with Crippen LogP contribution in [0.15, 0.2) is 36.9 Å². The standard InChI is InChI=1S/C16H20N6O2.C2H6/c1-20-6-8-21(9-7-20)15(23)10-17-16(24)13-2-4-14(5-3-13)22-11-18-19-12-22;1-2/h2-5,11-12H,6-10H2,1H3,(H,17,24);1-2H3. The van der Waals surface area contributed by atoms with Gasteiger partial charge in [-0.1, -0.05) is 13.8 Å². The molecule has 0 atom stereocenters. The van der Waals surface area contributed by atoms with Gasteiger partial charge in [-0.3, -0.25) is 14.2 Å². The van der Waals surface area contributed by atoms with Crippen LogP contribution >= 0.6 is 0 Å². The number of nitrogens with zero attached hydrogens (tertiary/aromatic N) is 5. The Morgan fingerprint density at radius 1 is 1.00 bits per heavy atom. The lowest BCUT2D eigenvalue weighted by molar-refractivity contribution is -0.131. The zero-order valence-corrected chi connectivity index (χ0v) is 15.6. The van der Waals surface area contributed by atoms with Crippen LogP contribution in [0.4, 0.5) is 0 Å². The van der Waals surface area contributed by atoms with Crippen LogP contribution in [0, 0.1) is 0 Å². The van der Waals surface area contributed by atoms with Gasteiger partial charge in [-0.25, -0.2) is 0 Å². The van der Waals surface area contributed by atoms with E-state index in [1.807, 2.05) is 20.9 Å². The zero-order chi connectivity index (χ0) is 18.9. The van der Waals surface area contributed by atoms with Crippen molar-refractivity contribution in [2.24, 2.45) is 0 Å². The summed E-state index contributed by atoms with van der Waals surface area (Å²) in [7, 11) is 2.03. The Balaban J connectivity index is 0.00000117. The van der Waals surface area contributed by atoms with Crippen molar-refractivity contribution in [3.63, 3.8) is 0 Å². The number of rotatable bonds is 4. The van der Waals surface area contributed by atoms with E-state index in [1.165, 1.54) is 0 Å². The van der Waals surface area contributed by atoms with Gasteiger partial charge in [0, 0.05) is 37.4 Å². The first-order chi connectivity index (χ1) is 12.6. The third kappa shape index (κ3) is 5.13. The van der Waals surface area contributed by atoms with Gasteiger partial charge in [0.15, 0.2) is 0 Å². The molecule has 0 saturated carbocycles. The Bertz CT molecular complexity index is 691. The van der Waals surface area contributed by atoms with Crippen molar-refractivity contribution in [1.82, 2.24) is 29.9 Å². The Morgan fingerprint density at radius 2 is 1.58 bits per heavy atom. The van der Waals surface area contributed by atoms with Gasteiger partial charge in [-0.15, -0.1) is 10.2 Å². The summed E-state index contributed by atoms with van der Waals surface area (Å²) in [5.41, 5.74) is 1.38. The Hall–Kier alpha value is -2.74. The second-order valence-corrected chi connectivity index (χ2v) is 5.78. The molecule has 0 aliphatic carbocycles. The number of piperazine rings is 1. The minimum absolute atomic E-state index is 0.0236. The molecule has 1 aromatic heterocycles. The number of hydrogen-bond acceptors (Lipinski definition) is 5. The smallest absolute Gasteiger partial charge is 0.251 e. The van der Waals surface area contributed by atoms with E-state index in [9.17, 15) is 9.59 Å². The fourth-order valence-electron chi connectivity index (χ4n) is 2.54. The Labute approximate surface area is 153 Å². The van der Waals surface area contributed by atoms with Gasteiger partial charge in [-0.2, -0.15) is 0 Å². The second kappa shape index (κ2) is 9.67. The first-order valence-corrected chi connectivity index (χ1v) is 8.83. The van der Waals surface area contributed by atoms with Crippen molar-refractivity contribution < 1.29 is 9.59 Å². The third-order valence-corrected chi connectivity index (χ3v) is 4.10. The molecular weight excluding hydrogens is 332 g/mol. The largest absolute Gasteiger partial charge is 0.343 e. The molecule has 0 radical (unpaired) electrons. The molecule has 1 aliphatic heterocycles.